The Balaban J connectivity index is 1.38. The van der Waals surface area contributed by atoms with E-state index in [4.69, 9.17) is 4.74 Å². The highest BCUT2D eigenvalue weighted by molar-refractivity contribution is 5.95. The van der Waals surface area contributed by atoms with Crippen molar-refractivity contribution in [1.82, 2.24) is 4.90 Å². The number of anilines is 2. The van der Waals surface area contributed by atoms with Crippen molar-refractivity contribution in [2.24, 2.45) is 0 Å². The summed E-state index contributed by atoms with van der Waals surface area (Å²) in [6.45, 7) is 5.75. The number of aryl methyl sites for hydroxylation is 2. The van der Waals surface area contributed by atoms with E-state index in [2.05, 4.69) is 42.7 Å². The number of carbonyl (C=O) groups excluding carboxylic acids is 2. The lowest BCUT2D eigenvalue weighted by molar-refractivity contribution is -0.131. The van der Waals surface area contributed by atoms with Crippen LogP contribution in [0.4, 0.5) is 11.4 Å². The summed E-state index contributed by atoms with van der Waals surface area (Å²) in [4.78, 5) is 26.3. The van der Waals surface area contributed by atoms with Gasteiger partial charge in [0.05, 0.1) is 12.1 Å². The smallest absolute Gasteiger partial charge is 0.262 e. The number of carbonyl (C=O) groups is 2. The van der Waals surface area contributed by atoms with Gasteiger partial charge in [-0.2, -0.15) is 0 Å². The molecule has 1 unspecified atom stereocenters. The zero-order chi connectivity index (χ0) is 20.4. The minimum Gasteiger partial charge on any atom is -0.482 e. The molecule has 2 aliphatic heterocycles. The molecule has 0 saturated carbocycles. The second kappa shape index (κ2) is 8.15. The number of fused-ring (bicyclic) bond motifs is 1. The molecule has 6 heteroatoms. The number of ether oxygens (including phenoxy) is 1. The van der Waals surface area contributed by atoms with Crippen molar-refractivity contribution in [3.05, 3.63) is 53.1 Å². The Morgan fingerprint density at radius 1 is 1.21 bits per heavy atom. The van der Waals surface area contributed by atoms with Gasteiger partial charge >= 0.3 is 0 Å². The molecule has 152 valence electrons. The van der Waals surface area contributed by atoms with Gasteiger partial charge in [0, 0.05) is 24.8 Å². The highest BCUT2D eigenvalue weighted by Crippen LogP contribution is 2.29. The van der Waals surface area contributed by atoms with Crippen molar-refractivity contribution in [2.45, 2.75) is 39.2 Å². The summed E-state index contributed by atoms with van der Waals surface area (Å²) in [5.74, 6) is 0.591. The minimum atomic E-state index is -0.169. The molecule has 2 aromatic rings. The molecule has 2 aliphatic rings. The van der Waals surface area contributed by atoms with Crippen molar-refractivity contribution >= 4 is 23.2 Å². The number of piperidine rings is 1. The van der Waals surface area contributed by atoms with Crippen LogP contribution in [-0.4, -0.2) is 42.5 Å². The molecular formula is C23H27N3O3. The second-order valence-corrected chi connectivity index (χ2v) is 7.97. The van der Waals surface area contributed by atoms with Crippen LogP contribution in [0.5, 0.6) is 5.75 Å². The maximum Gasteiger partial charge on any atom is 0.262 e. The molecule has 1 atom stereocenters. The molecular weight excluding hydrogens is 366 g/mol. The molecule has 0 aliphatic carbocycles. The fourth-order valence-electron chi connectivity index (χ4n) is 3.92. The minimum absolute atomic E-state index is 0.0357. The molecule has 0 radical (unpaired) electrons. The molecule has 6 nitrogen and oxygen atoms in total. The van der Waals surface area contributed by atoms with Crippen LogP contribution in [0, 0.1) is 13.8 Å². The van der Waals surface area contributed by atoms with E-state index in [-0.39, 0.29) is 24.5 Å². The zero-order valence-corrected chi connectivity index (χ0v) is 17.0. The third kappa shape index (κ3) is 4.53. The summed E-state index contributed by atoms with van der Waals surface area (Å²) in [5.41, 5.74) is 5.17. The second-order valence-electron chi connectivity index (χ2n) is 7.97. The van der Waals surface area contributed by atoms with Crippen LogP contribution in [0.25, 0.3) is 0 Å². The van der Waals surface area contributed by atoms with Crippen LogP contribution in [0.15, 0.2) is 36.4 Å². The fraction of sp³-hybridized carbons (Fsp3) is 0.391. The largest absolute Gasteiger partial charge is 0.482 e. The van der Waals surface area contributed by atoms with E-state index in [0.29, 0.717) is 24.4 Å². The molecule has 2 N–H and O–H groups in total. The molecule has 29 heavy (non-hydrogen) atoms. The van der Waals surface area contributed by atoms with Crippen molar-refractivity contribution < 1.29 is 14.3 Å². The first kappa shape index (κ1) is 19.3. The fourth-order valence-corrected chi connectivity index (χ4v) is 3.92. The first-order chi connectivity index (χ1) is 14.0. The highest BCUT2D eigenvalue weighted by atomic mass is 16.5. The Kier molecular flexibility index (Phi) is 5.43. The molecule has 2 aromatic carbocycles. The van der Waals surface area contributed by atoms with Gasteiger partial charge in [0.2, 0.25) is 5.91 Å². The maximum atomic E-state index is 12.9. The van der Waals surface area contributed by atoms with E-state index in [1.165, 1.54) is 11.1 Å². The number of rotatable bonds is 4. The van der Waals surface area contributed by atoms with Crippen LogP contribution in [0.1, 0.15) is 29.5 Å². The van der Waals surface area contributed by atoms with Crippen molar-refractivity contribution in [3.63, 3.8) is 0 Å². The summed E-state index contributed by atoms with van der Waals surface area (Å²) in [5, 5.41) is 6.38. The van der Waals surface area contributed by atoms with E-state index in [9.17, 15) is 9.59 Å². The Bertz CT molecular complexity index is 941. The van der Waals surface area contributed by atoms with E-state index in [0.717, 1.165) is 30.6 Å². The van der Waals surface area contributed by atoms with Gasteiger partial charge in [-0.05, 0) is 67.6 Å². The Morgan fingerprint density at radius 3 is 2.90 bits per heavy atom. The number of likely N-dealkylation sites (tertiary alicyclic amines) is 1. The van der Waals surface area contributed by atoms with Gasteiger partial charge in [0.25, 0.3) is 5.91 Å². The summed E-state index contributed by atoms with van der Waals surface area (Å²) < 4.78 is 5.38. The molecule has 0 aromatic heterocycles. The van der Waals surface area contributed by atoms with Crippen LogP contribution >= 0.6 is 0 Å². The lowest BCUT2D eigenvalue weighted by atomic mass is 10.0. The SMILES string of the molecule is Cc1ccc(NC2CCCN(C(=O)Cc3ccc4c(c3)NC(=O)CO4)C2)cc1C. The van der Waals surface area contributed by atoms with Crippen molar-refractivity contribution in [2.75, 3.05) is 30.3 Å². The Morgan fingerprint density at radius 2 is 2.07 bits per heavy atom. The maximum absolute atomic E-state index is 12.9. The number of benzene rings is 2. The standard InChI is InChI=1S/C23H27N3O3/c1-15-5-7-18(10-16(15)2)24-19-4-3-9-26(13-19)23(28)12-17-6-8-21-20(11-17)25-22(27)14-29-21/h5-8,10-11,19,24H,3-4,9,12-14H2,1-2H3,(H,25,27). The molecule has 1 saturated heterocycles. The predicted molar refractivity (Wildman–Crippen MR) is 113 cm³/mol. The quantitative estimate of drug-likeness (QED) is 0.836. The zero-order valence-electron chi connectivity index (χ0n) is 17.0. The van der Waals surface area contributed by atoms with Crippen LogP contribution < -0.4 is 15.4 Å². The van der Waals surface area contributed by atoms with Gasteiger partial charge in [0.1, 0.15) is 5.75 Å². The Labute approximate surface area is 171 Å². The first-order valence-electron chi connectivity index (χ1n) is 10.1. The molecule has 0 spiro atoms. The Hall–Kier alpha value is -3.02. The summed E-state index contributed by atoms with van der Waals surface area (Å²) in [6, 6.07) is 12.2. The van der Waals surface area contributed by atoms with Gasteiger partial charge in [-0.3, -0.25) is 9.59 Å². The number of hydrogen-bond donors (Lipinski definition) is 2. The van der Waals surface area contributed by atoms with Crippen LogP contribution in [-0.2, 0) is 16.0 Å². The first-order valence-corrected chi connectivity index (χ1v) is 10.1. The average Bonchev–Trinajstić information content (AvgIpc) is 2.70. The van der Waals surface area contributed by atoms with Crippen molar-refractivity contribution in [3.8, 4) is 5.75 Å². The topological polar surface area (TPSA) is 70.7 Å². The van der Waals surface area contributed by atoms with E-state index in [1.54, 1.807) is 0 Å². The number of amides is 2. The summed E-state index contributed by atoms with van der Waals surface area (Å²) >= 11 is 0. The molecule has 4 rings (SSSR count). The summed E-state index contributed by atoms with van der Waals surface area (Å²) in [7, 11) is 0. The highest BCUT2D eigenvalue weighted by Gasteiger charge is 2.24. The lowest BCUT2D eigenvalue weighted by Crippen LogP contribution is -2.45. The summed E-state index contributed by atoms with van der Waals surface area (Å²) in [6.07, 6.45) is 2.36. The van der Waals surface area contributed by atoms with E-state index >= 15 is 0 Å². The van der Waals surface area contributed by atoms with Gasteiger partial charge in [-0.25, -0.2) is 0 Å². The lowest BCUT2D eigenvalue weighted by Gasteiger charge is -2.34. The van der Waals surface area contributed by atoms with Gasteiger partial charge in [0.15, 0.2) is 6.61 Å². The van der Waals surface area contributed by atoms with Gasteiger partial charge in [-0.1, -0.05) is 12.1 Å². The van der Waals surface area contributed by atoms with Crippen molar-refractivity contribution in [1.29, 1.82) is 0 Å². The van der Waals surface area contributed by atoms with Gasteiger partial charge < -0.3 is 20.3 Å². The third-order valence-electron chi connectivity index (χ3n) is 5.68. The molecule has 0 bridgehead atoms. The average molecular weight is 393 g/mol. The monoisotopic (exact) mass is 393 g/mol. The number of nitrogens with zero attached hydrogens (tertiary/aromatic N) is 1. The number of hydrogen-bond acceptors (Lipinski definition) is 4. The molecule has 2 amide bonds. The third-order valence-corrected chi connectivity index (χ3v) is 5.68. The molecule has 2 heterocycles. The molecule has 1 fully saturated rings. The predicted octanol–water partition coefficient (Wildman–Crippen LogP) is 3.28. The van der Waals surface area contributed by atoms with Crippen LogP contribution in [0.3, 0.4) is 0 Å². The van der Waals surface area contributed by atoms with E-state index in [1.807, 2.05) is 23.1 Å². The number of nitrogens with one attached hydrogen (secondary N) is 2. The van der Waals surface area contributed by atoms with E-state index < -0.39 is 0 Å². The normalized spacial score (nSPS) is 18.5. The van der Waals surface area contributed by atoms with Crippen LogP contribution in [0.2, 0.25) is 0 Å². The van der Waals surface area contributed by atoms with Gasteiger partial charge in [-0.15, -0.1) is 0 Å².